The van der Waals surface area contributed by atoms with E-state index in [4.69, 9.17) is 4.74 Å². The van der Waals surface area contributed by atoms with Crippen LogP contribution in [0, 0.1) is 0 Å². The molecule has 0 radical (unpaired) electrons. The smallest absolute Gasteiger partial charge is 0.191 e. The zero-order valence-corrected chi connectivity index (χ0v) is 17.2. The fourth-order valence-electron chi connectivity index (χ4n) is 2.63. The number of nitrogens with one attached hydrogen (secondary N) is 2. The van der Waals surface area contributed by atoms with Gasteiger partial charge in [0.15, 0.2) is 5.96 Å². The second-order valence-electron chi connectivity index (χ2n) is 5.26. The molecule has 0 heterocycles. The van der Waals surface area contributed by atoms with Crippen LogP contribution in [0.3, 0.4) is 0 Å². The van der Waals surface area contributed by atoms with Crippen LogP contribution >= 0.6 is 24.0 Å². The van der Waals surface area contributed by atoms with Crippen molar-refractivity contribution in [3.8, 4) is 0 Å². The molecule has 0 aromatic carbocycles. The Hall–Kier alpha value is 0.110. The fraction of sp³-hybridized carbons (Fsp3) is 0.933. The van der Waals surface area contributed by atoms with Gasteiger partial charge in [-0.3, -0.25) is 9.20 Å². The van der Waals surface area contributed by atoms with E-state index in [9.17, 15) is 4.21 Å². The number of hydrogen-bond donors (Lipinski definition) is 2. The van der Waals surface area contributed by atoms with Gasteiger partial charge in [-0.1, -0.05) is 13.3 Å². The third-order valence-corrected chi connectivity index (χ3v) is 5.42. The highest BCUT2D eigenvalue weighted by Crippen LogP contribution is 2.22. The molecule has 0 aliphatic heterocycles. The lowest BCUT2D eigenvalue weighted by molar-refractivity contribution is 0.155. The second kappa shape index (κ2) is 13.5. The number of nitrogens with zero attached hydrogens (tertiary/aromatic N) is 1. The van der Waals surface area contributed by atoms with Crippen molar-refractivity contribution in [1.82, 2.24) is 10.6 Å². The van der Waals surface area contributed by atoms with Gasteiger partial charge in [-0.2, -0.15) is 0 Å². The standard InChI is InChI=1S/C15H31N3O2S.HI/c1-4-16-15(17-10-11-20-5-2)18-13-8-7-9-14(12-13)21(19)6-3;/h13-14H,4-12H2,1-3H3,(H2,16,17,18);1H. The molecule has 0 aromatic rings. The van der Waals surface area contributed by atoms with Gasteiger partial charge in [-0.05, 0) is 33.1 Å². The van der Waals surface area contributed by atoms with E-state index in [1.807, 2.05) is 13.8 Å². The monoisotopic (exact) mass is 445 g/mol. The summed E-state index contributed by atoms with van der Waals surface area (Å²) < 4.78 is 17.3. The van der Waals surface area contributed by atoms with Gasteiger partial charge in [0.25, 0.3) is 0 Å². The van der Waals surface area contributed by atoms with Crippen LogP contribution in [0.25, 0.3) is 0 Å². The SMILES string of the molecule is CCNC(=NCCOCC)NC1CCCC(S(=O)CC)C1.I. The molecular weight excluding hydrogens is 413 g/mol. The van der Waals surface area contributed by atoms with Crippen molar-refractivity contribution in [3.63, 3.8) is 0 Å². The zero-order chi connectivity index (χ0) is 15.5. The average molecular weight is 445 g/mol. The molecule has 1 fully saturated rings. The van der Waals surface area contributed by atoms with Crippen LogP contribution in [-0.4, -0.2) is 53.5 Å². The Bertz CT molecular complexity index is 343. The van der Waals surface area contributed by atoms with Gasteiger partial charge < -0.3 is 15.4 Å². The molecule has 1 saturated carbocycles. The third kappa shape index (κ3) is 8.67. The number of hydrogen-bond acceptors (Lipinski definition) is 3. The van der Waals surface area contributed by atoms with Crippen molar-refractivity contribution in [3.05, 3.63) is 0 Å². The second-order valence-corrected chi connectivity index (χ2v) is 7.26. The molecule has 1 aliphatic rings. The highest BCUT2D eigenvalue weighted by molar-refractivity contribution is 14.0. The maximum atomic E-state index is 12.0. The molecule has 0 saturated heterocycles. The van der Waals surface area contributed by atoms with Crippen molar-refractivity contribution >= 4 is 40.7 Å². The Balaban J connectivity index is 0.00000441. The molecule has 1 rings (SSSR count). The topological polar surface area (TPSA) is 62.7 Å². The Morgan fingerprint density at radius 1 is 1.32 bits per heavy atom. The molecule has 0 amide bonds. The van der Waals surface area contributed by atoms with Crippen LogP contribution in [0.4, 0.5) is 0 Å². The summed E-state index contributed by atoms with van der Waals surface area (Å²) in [5, 5.41) is 7.10. The number of ether oxygens (including phenoxy) is 1. The molecule has 7 heteroatoms. The molecule has 0 aromatic heterocycles. The number of halogens is 1. The van der Waals surface area contributed by atoms with Crippen molar-refractivity contribution in [2.24, 2.45) is 4.99 Å². The summed E-state index contributed by atoms with van der Waals surface area (Å²) in [4.78, 5) is 4.53. The van der Waals surface area contributed by atoms with Crippen LogP contribution in [0.5, 0.6) is 0 Å². The molecule has 3 unspecified atom stereocenters. The predicted molar refractivity (Wildman–Crippen MR) is 106 cm³/mol. The third-order valence-electron chi connectivity index (χ3n) is 3.68. The Kier molecular flexibility index (Phi) is 13.6. The van der Waals surface area contributed by atoms with E-state index in [1.54, 1.807) is 0 Å². The summed E-state index contributed by atoms with van der Waals surface area (Å²) in [7, 11) is -0.681. The normalized spacial score (nSPS) is 23.5. The molecule has 2 N–H and O–H groups in total. The van der Waals surface area contributed by atoms with Crippen LogP contribution in [0.15, 0.2) is 4.99 Å². The lowest BCUT2D eigenvalue weighted by Crippen LogP contribution is -2.46. The van der Waals surface area contributed by atoms with E-state index in [-0.39, 0.29) is 24.0 Å². The highest BCUT2D eigenvalue weighted by atomic mass is 127. The van der Waals surface area contributed by atoms with Crippen molar-refractivity contribution in [1.29, 1.82) is 0 Å². The van der Waals surface area contributed by atoms with Gasteiger partial charge >= 0.3 is 0 Å². The molecule has 1 aliphatic carbocycles. The molecule has 0 spiro atoms. The summed E-state index contributed by atoms with van der Waals surface area (Å²) >= 11 is 0. The first-order chi connectivity index (χ1) is 10.2. The van der Waals surface area contributed by atoms with Crippen molar-refractivity contribution in [2.75, 3.05) is 32.1 Å². The van der Waals surface area contributed by atoms with Crippen molar-refractivity contribution < 1.29 is 8.95 Å². The fourth-order valence-corrected chi connectivity index (χ4v) is 3.98. The molecule has 5 nitrogen and oxygen atoms in total. The van der Waals surface area contributed by atoms with E-state index in [0.29, 0.717) is 24.4 Å². The van der Waals surface area contributed by atoms with Crippen LogP contribution in [0.1, 0.15) is 46.5 Å². The summed E-state index contributed by atoms with van der Waals surface area (Å²) in [6.07, 6.45) is 4.35. The van der Waals surface area contributed by atoms with Crippen LogP contribution in [-0.2, 0) is 15.5 Å². The van der Waals surface area contributed by atoms with Gasteiger partial charge in [-0.25, -0.2) is 0 Å². The highest BCUT2D eigenvalue weighted by Gasteiger charge is 2.25. The number of rotatable bonds is 8. The van der Waals surface area contributed by atoms with Crippen molar-refractivity contribution in [2.45, 2.75) is 57.7 Å². The minimum atomic E-state index is -0.681. The Labute approximate surface area is 154 Å². The number of aliphatic imine (C=N–C) groups is 1. The first-order valence-corrected chi connectivity index (χ1v) is 9.59. The average Bonchev–Trinajstić information content (AvgIpc) is 2.51. The molecule has 22 heavy (non-hydrogen) atoms. The first kappa shape index (κ1) is 22.1. The van der Waals surface area contributed by atoms with Crippen LogP contribution < -0.4 is 10.6 Å². The lowest BCUT2D eigenvalue weighted by Gasteiger charge is -2.30. The Morgan fingerprint density at radius 3 is 2.73 bits per heavy atom. The first-order valence-electron chi connectivity index (χ1n) is 8.20. The van der Waals surface area contributed by atoms with E-state index < -0.39 is 10.8 Å². The van der Waals surface area contributed by atoms with Gasteiger partial charge in [0.1, 0.15) is 0 Å². The predicted octanol–water partition coefficient (Wildman–Crippen LogP) is 2.28. The molecule has 0 bridgehead atoms. The largest absolute Gasteiger partial charge is 0.380 e. The Morgan fingerprint density at radius 2 is 2.09 bits per heavy atom. The lowest BCUT2D eigenvalue weighted by atomic mass is 9.95. The maximum Gasteiger partial charge on any atom is 0.191 e. The summed E-state index contributed by atoms with van der Waals surface area (Å²) in [5.41, 5.74) is 0. The van der Waals surface area contributed by atoms with Gasteiger partial charge in [0.05, 0.1) is 13.2 Å². The van der Waals surface area contributed by atoms with Gasteiger partial charge in [-0.15, -0.1) is 24.0 Å². The van der Waals surface area contributed by atoms with E-state index in [1.165, 1.54) is 0 Å². The zero-order valence-electron chi connectivity index (χ0n) is 14.1. The number of guanidine groups is 1. The minimum absolute atomic E-state index is 0. The summed E-state index contributed by atoms with van der Waals surface area (Å²) in [5.74, 6) is 1.62. The quantitative estimate of drug-likeness (QED) is 0.261. The molecule has 132 valence electrons. The van der Waals surface area contributed by atoms with E-state index >= 15 is 0 Å². The van der Waals surface area contributed by atoms with E-state index in [0.717, 1.165) is 50.5 Å². The molecular formula is C15H32IN3O2S. The van der Waals surface area contributed by atoms with Gasteiger partial charge in [0.2, 0.25) is 0 Å². The minimum Gasteiger partial charge on any atom is -0.380 e. The molecule has 3 atom stereocenters. The summed E-state index contributed by atoms with van der Waals surface area (Å²) in [6.45, 7) is 8.95. The van der Waals surface area contributed by atoms with E-state index in [2.05, 4.69) is 22.5 Å². The maximum absolute atomic E-state index is 12.0. The summed E-state index contributed by atoms with van der Waals surface area (Å²) in [6, 6.07) is 0.379. The van der Waals surface area contributed by atoms with Gasteiger partial charge in [0, 0.05) is 41.0 Å². The van der Waals surface area contributed by atoms with Crippen LogP contribution in [0.2, 0.25) is 0 Å².